The Morgan fingerprint density at radius 1 is 0.875 bits per heavy atom. The minimum Gasteiger partial charge on any atom is -0.469 e. The number of carbonyl (C=O) groups is 1. The second kappa shape index (κ2) is 8.23. The molecule has 32 heavy (non-hydrogen) atoms. The number of furan rings is 1. The zero-order valence-electron chi connectivity index (χ0n) is 21.4. The third kappa shape index (κ3) is 3.77. The molecule has 0 amide bonds. The highest BCUT2D eigenvalue weighted by Crippen LogP contribution is 2.73. The lowest BCUT2D eigenvalue weighted by molar-refractivity contribution is -0.142. The first kappa shape index (κ1) is 25.4. The van der Waals surface area contributed by atoms with Gasteiger partial charge < -0.3 is 13.3 Å². The van der Waals surface area contributed by atoms with Gasteiger partial charge in [0, 0.05) is 5.92 Å². The molecular weight excluding hydrogens is 465 g/mol. The summed E-state index contributed by atoms with van der Waals surface area (Å²) in [6, 6.07) is 14.6. The Hall–Kier alpha value is -1.20. The number of benzene rings is 1. The lowest BCUT2D eigenvalue weighted by atomic mass is 10.1. The van der Waals surface area contributed by atoms with Gasteiger partial charge in [-0.3, -0.25) is 4.79 Å². The monoisotopic (exact) mass is 504 g/mol. The van der Waals surface area contributed by atoms with Crippen molar-refractivity contribution in [1.82, 2.24) is 0 Å². The zero-order chi connectivity index (χ0) is 24.2. The summed E-state index contributed by atoms with van der Waals surface area (Å²) in [5, 5.41) is -0.444. The van der Waals surface area contributed by atoms with Crippen molar-refractivity contribution in [3.05, 3.63) is 60.1 Å². The first-order chi connectivity index (χ1) is 14.6. The fourth-order valence-electron chi connectivity index (χ4n) is 6.60. The normalized spacial score (nSPS) is 24.3. The van der Waals surface area contributed by atoms with E-state index in [0.29, 0.717) is 0 Å². The molecule has 0 bridgehead atoms. The van der Waals surface area contributed by atoms with Crippen molar-refractivity contribution >= 4 is 36.8 Å². The van der Waals surface area contributed by atoms with E-state index in [-0.39, 0.29) is 17.8 Å². The summed E-state index contributed by atoms with van der Waals surface area (Å²) < 4.78 is 19.3. The Bertz CT molecular complexity index is 925. The van der Waals surface area contributed by atoms with Crippen molar-refractivity contribution in [3.63, 3.8) is 0 Å². The van der Waals surface area contributed by atoms with Crippen molar-refractivity contribution in [2.45, 2.75) is 69.9 Å². The van der Waals surface area contributed by atoms with E-state index in [1.54, 1.807) is 6.26 Å². The summed E-state index contributed by atoms with van der Waals surface area (Å²) in [4.78, 5) is 13.5. The molecule has 3 rings (SSSR count). The second-order valence-corrected chi connectivity index (χ2v) is 43.1. The van der Waals surface area contributed by atoms with Crippen LogP contribution in [-0.2, 0) is 18.7 Å². The molecule has 176 valence electrons. The molecule has 3 atom stereocenters. The zero-order valence-corrected chi connectivity index (χ0v) is 25.4. The van der Waals surface area contributed by atoms with Gasteiger partial charge in [0.05, 0.1) is 39.5 Å². The van der Waals surface area contributed by atoms with Crippen LogP contribution >= 0.6 is 0 Å². The van der Waals surface area contributed by atoms with Gasteiger partial charge in [-0.1, -0.05) is 69.6 Å². The van der Waals surface area contributed by atoms with Gasteiger partial charge >= 0.3 is 5.97 Å². The van der Waals surface area contributed by atoms with Crippen LogP contribution in [0, 0.1) is 5.92 Å². The first-order valence-corrected chi connectivity index (χ1v) is 25.8. The Morgan fingerprint density at radius 3 is 1.84 bits per heavy atom. The summed E-state index contributed by atoms with van der Waals surface area (Å²) in [6.45, 7) is 21.7. The molecule has 1 aliphatic carbocycles. The number of ether oxygens (including phenoxy) is 1. The van der Waals surface area contributed by atoms with Gasteiger partial charge in [-0.25, -0.2) is 0 Å². The maximum atomic E-state index is 13.5. The highest BCUT2D eigenvalue weighted by Gasteiger charge is 2.86. The van der Waals surface area contributed by atoms with E-state index in [1.807, 2.05) is 12.1 Å². The van der Waals surface area contributed by atoms with Crippen LogP contribution in [-0.4, -0.2) is 43.9 Å². The minimum absolute atomic E-state index is 0.0174. The second-order valence-electron chi connectivity index (χ2n) is 12.1. The Balaban J connectivity index is 2.47. The number of hydrogen-bond acceptors (Lipinski definition) is 4. The van der Waals surface area contributed by atoms with Crippen LogP contribution in [0.5, 0.6) is 0 Å². The van der Waals surface area contributed by atoms with Crippen LogP contribution in [0.15, 0.2) is 53.1 Å². The van der Waals surface area contributed by atoms with E-state index < -0.39 is 35.9 Å². The standard InChI is InChI=1S/C24H40O4Si4/c1-26-23(25)22-21(19-15-12-11-13-16-19)24(22,20-17-14-18-27-20)32(30(5,6)7,31(8,9)10)28-29(2,3)4/h11-18,21-22H,1-10H3/t21?,22?,24-/m0/s1. The molecule has 1 aliphatic rings. The van der Waals surface area contributed by atoms with Gasteiger partial charge in [-0.05, 0) is 37.3 Å². The van der Waals surface area contributed by atoms with E-state index in [9.17, 15) is 4.79 Å². The van der Waals surface area contributed by atoms with Gasteiger partial charge in [-0.2, -0.15) is 0 Å². The largest absolute Gasteiger partial charge is 0.469 e. The van der Waals surface area contributed by atoms with E-state index in [4.69, 9.17) is 13.3 Å². The summed E-state index contributed by atoms with van der Waals surface area (Å²) in [5.41, 5.74) is 1.19. The van der Waals surface area contributed by atoms with Gasteiger partial charge in [0.25, 0.3) is 0 Å². The van der Waals surface area contributed by atoms with Gasteiger partial charge in [0.2, 0.25) is 0 Å². The number of esters is 1. The van der Waals surface area contributed by atoms with Crippen LogP contribution in [0.1, 0.15) is 17.2 Å². The van der Waals surface area contributed by atoms with Crippen molar-refractivity contribution in [2.24, 2.45) is 5.92 Å². The Labute approximate surface area is 197 Å². The number of carbonyl (C=O) groups excluding carboxylic acids is 1. The fraction of sp³-hybridized carbons (Fsp3) is 0.542. The predicted octanol–water partition coefficient (Wildman–Crippen LogP) is 6.27. The average Bonchev–Trinajstić information content (AvgIpc) is 3.04. The maximum absolute atomic E-state index is 13.5. The number of hydrogen-bond donors (Lipinski definition) is 0. The minimum atomic E-state index is -2.60. The number of methoxy groups -OCH3 is 1. The van der Waals surface area contributed by atoms with Crippen LogP contribution in [0.3, 0.4) is 0 Å². The van der Waals surface area contributed by atoms with Crippen molar-refractivity contribution < 1.29 is 18.1 Å². The molecule has 1 aromatic carbocycles. The molecule has 8 heteroatoms. The predicted molar refractivity (Wildman–Crippen MR) is 142 cm³/mol. The third-order valence-electron chi connectivity index (χ3n) is 6.90. The maximum Gasteiger partial charge on any atom is 0.310 e. The highest BCUT2D eigenvalue weighted by atomic mass is 29.7. The van der Waals surface area contributed by atoms with Crippen LogP contribution in [0.25, 0.3) is 0 Å². The van der Waals surface area contributed by atoms with Gasteiger partial charge in [0.15, 0.2) is 15.7 Å². The molecule has 4 nitrogen and oxygen atoms in total. The van der Waals surface area contributed by atoms with Gasteiger partial charge in [-0.15, -0.1) is 0 Å². The van der Waals surface area contributed by atoms with E-state index in [2.05, 4.69) is 89.3 Å². The Kier molecular flexibility index (Phi) is 6.54. The highest BCUT2D eigenvalue weighted by molar-refractivity contribution is 7.68. The topological polar surface area (TPSA) is 48.7 Å². The molecule has 0 radical (unpaired) electrons. The lowest BCUT2D eigenvalue weighted by Gasteiger charge is -2.57. The Morgan fingerprint density at radius 2 is 1.44 bits per heavy atom. The quantitative estimate of drug-likeness (QED) is 0.314. The van der Waals surface area contributed by atoms with Crippen molar-refractivity contribution in [1.29, 1.82) is 0 Å². The molecule has 1 fully saturated rings. The molecule has 2 unspecified atom stereocenters. The fourth-order valence-corrected chi connectivity index (χ4v) is 68.1. The molecular formula is C24H40O4Si4. The summed E-state index contributed by atoms with van der Waals surface area (Å²) in [6.07, 6.45) is 1.76. The molecule has 0 aliphatic heterocycles. The average molecular weight is 505 g/mol. The third-order valence-corrected chi connectivity index (χ3v) is 47.3. The van der Waals surface area contributed by atoms with Crippen LogP contribution < -0.4 is 0 Å². The summed E-state index contributed by atoms with van der Waals surface area (Å²) in [7, 11) is -6.93. The lowest BCUT2D eigenvalue weighted by Crippen LogP contribution is -2.82. The molecule has 1 saturated carbocycles. The molecule has 1 aromatic heterocycles. The van der Waals surface area contributed by atoms with Crippen molar-refractivity contribution in [3.8, 4) is 0 Å². The van der Waals surface area contributed by atoms with Gasteiger partial charge in [0.1, 0.15) is 5.76 Å². The summed E-state index contributed by atoms with van der Waals surface area (Å²) >= 11 is 0. The van der Waals surface area contributed by atoms with E-state index >= 15 is 0 Å². The molecule has 2 aromatic rings. The van der Waals surface area contributed by atoms with Crippen molar-refractivity contribution in [2.75, 3.05) is 7.11 Å². The van der Waals surface area contributed by atoms with Crippen LogP contribution in [0.2, 0.25) is 58.9 Å². The molecule has 1 heterocycles. The smallest absolute Gasteiger partial charge is 0.310 e. The molecule has 0 N–H and O–H groups in total. The first-order valence-electron chi connectivity index (χ1n) is 11.5. The van der Waals surface area contributed by atoms with Crippen LogP contribution in [0.4, 0.5) is 0 Å². The summed E-state index contributed by atoms with van der Waals surface area (Å²) in [5.74, 6) is 0.533. The number of rotatable bonds is 8. The molecule has 0 saturated heterocycles. The van der Waals surface area contributed by atoms with E-state index in [1.165, 1.54) is 12.7 Å². The van der Waals surface area contributed by atoms with E-state index in [0.717, 1.165) is 5.76 Å². The molecule has 0 spiro atoms. The SMILES string of the molecule is COC(=O)C1C(c2ccccc2)[C@]1(c1ccco1)[Si](O[Si](C)(C)C)([Si](C)(C)C)[Si](C)(C)C.